The monoisotopic (exact) mass is 254 g/mol. The molecule has 1 unspecified atom stereocenters. The lowest BCUT2D eigenvalue weighted by Gasteiger charge is -2.21. The molecule has 1 nitrogen and oxygen atoms in total. The van der Waals surface area contributed by atoms with Crippen molar-refractivity contribution in [3.63, 3.8) is 0 Å². The summed E-state index contributed by atoms with van der Waals surface area (Å²) in [6.45, 7) is 6.57. The first kappa shape index (κ1) is 16.0. The van der Waals surface area contributed by atoms with Crippen molar-refractivity contribution < 1.29 is 4.74 Å². The Morgan fingerprint density at radius 3 is 2.50 bits per heavy atom. The van der Waals surface area contributed by atoms with E-state index in [4.69, 9.17) is 4.74 Å². The molecule has 1 saturated carbocycles. The van der Waals surface area contributed by atoms with E-state index in [9.17, 15) is 0 Å². The predicted molar refractivity (Wildman–Crippen MR) is 79.9 cm³/mol. The van der Waals surface area contributed by atoms with Crippen LogP contribution in [-0.4, -0.2) is 13.2 Å². The largest absolute Gasteiger partial charge is 0.381 e. The van der Waals surface area contributed by atoms with Gasteiger partial charge in [0.05, 0.1) is 0 Å². The molecule has 0 heterocycles. The minimum atomic E-state index is 0.805. The zero-order valence-electron chi connectivity index (χ0n) is 12.8. The summed E-state index contributed by atoms with van der Waals surface area (Å²) in [5.74, 6) is 1.82. The molecule has 18 heavy (non-hydrogen) atoms. The maximum absolute atomic E-state index is 5.87. The standard InChI is InChI=1S/C17H34O/c1-3-5-10-16(4-2)15-18-14-9-13-17-11-7-6-8-12-17/h16-17H,3-15H2,1-2H3. The van der Waals surface area contributed by atoms with Crippen molar-refractivity contribution in [3.8, 4) is 0 Å². The van der Waals surface area contributed by atoms with Gasteiger partial charge < -0.3 is 4.74 Å². The average molecular weight is 254 g/mol. The van der Waals surface area contributed by atoms with E-state index in [-0.39, 0.29) is 0 Å². The van der Waals surface area contributed by atoms with Crippen molar-refractivity contribution in [2.75, 3.05) is 13.2 Å². The predicted octanol–water partition coefficient (Wildman–Crippen LogP) is 5.58. The summed E-state index contributed by atoms with van der Waals surface area (Å²) >= 11 is 0. The summed E-state index contributed by atoms with van der Waals surface area (Å²) in [7, 11) is 0. The molecule has 1 fully saturated rings. The van der Waals surface area contributed by atoms with Gasteiger partial charge in [0, 0.05) is 13.2 Å². The maximum Gasteiger partial charge on any atom is 0.0494 e. The molecule has 0 aromatic rings. The Hall–Kier alpha value is -0.0400. The molecule has 0 radical (unpaired) electrons. The van der Waals surface area contributed by atoms with Crippen molar-refractivity contribution in [2.45, 2.75) is 84.5 Å². The van der Waals surface area contributed by atoms with Gasteiger partial charge in [-0.05, 0) is 31.1 Å². The highest BCUT2D eigenvalue weighted by atomic mass is 16.5. The summed E-state index contributed by atoms with van der Waals surface area (Å²) < 4.78 is 5.87. The Balaban J connectivity index is 1.93. The SMILES string of the molecule is CCCCC(CC)COCCCC1CCCCC1. The Morgan fingerprint density at radius 1 is 1.06 bits per heavy atom. The first-order valence-electron chi connectivity index (χ1n) is 8.44. The van der Waals surface area contributed by atoms with Gasteiger partial charge in [-0.2, -0.15) is 0 Å². The van der Waals surface area contributed by atoms with Crippen molar-refractivity contribution >= 4 is 0 Å². The van der Waals surface area contributed by atoms with Crippen LogP contribution in [0.4, 0.5) is 0 Å². The van der Waals surface area contributed by atoms with Gasteiger partial charge in [-0.3, -0.25) is 0 Å². The van der Waals surface area contributed by atoms with Crippen molar-refractivity contribution in [3.05, 3.63) is 0 Å². The molecular weight excluding hydrogens is 220 g/mol. The highest BCUT2D eigenvalue weighted by molar-refractivity contribution is 4.65. The van der Waals surface area contributed by atoms with E-state index in [0.29, 0.717) is 0 Å². The molecule has 0 aromatic carbocycles. The highest BCUT2D eigenvalue weighted by Crippen LogP contribution is 2.27. The molecule has 108 valence electrons. The zero-order chi connectivity index (χ0) is 13.1. The lowest BCUT2D eigenvalue weighted by molar-refractivity contribution is 0.0874. The number of rotatable bonds is 10. The summed E-state index contributed by atoms with van der Waals surface area (Å²) in [4.78, 5) is 0. The molecule has 1 aliphatic carbocycles. The smallest absolute Gasteiger partial charge is 0.0494 e. The van der Waals surface area contributed by atoms with Gasteiger partial charge in [-0.1, -0.05) is 65.2 Å². The summed E-state index contributed by atoms with van der Waals surface area (Å²) in [6, 6.07) is 0. The van der Waals surface area contributed by atoms with Gasteiger partial charge in [-0.15, -0.1) is 0 Å². The zero-order valence-corrected chi connectivity index (χ0v) is 12.8. The molecule has 0 bridgehead atoms. The minimum absolute atomic E-state index is 0.805. The number of hydrogen-bond donors (Lipinski definition) is 0. The third-order valence-electron chi connectivity index (χ3n) is 4.52. The van der Waals surface area contributed by atoms with E-state index in [2.05, 4.69) is 13.8 Å². The number of unbranched alkanes of at least 4 members (excludes halogenated alkanes) is 1. The Morgan fingerprint density at radius 2 is 1.83 bits per heavy atom. The van der Waals surface area contributed by atoms with Crippen LogP contribution in [-0.2, 0) is 4.74 Å². The Kier molecular flexibility index (Phi) is 9.65. The second-order valence-electron chi connectivity index (χ2n) is 6.14. The van der Waals surface area contributed by atoms with E-state index in [1.807, 2.05) is 0 Å². The van der Waals surface area contributed by atoms with Crippen molar-refractivity contribution in [1.82, 2.24) is 0 Å². The van der Waals surface area contributed by atoms with Crippen LogP contribution in [0.25, 0.3) is 0 Å². The van der Waals surface area contributed by atoms with Crippen molar-refractivity contribution in [2.24, 2.45) is 11.8 Å². The lowest BCUT2D eigenvalue weighted by Crippen LogP contribution is -2.11. The second-order valence-corrected chi connectivity index (χ2v) is 6.14. The van der Waals surface area contributed by atoms with Crippen LogP contribution in [0.5, 0.6) is 0 Å². The van der Waals surface area contributed by atoms with Gasteiger partial charge in [-0.25, -0.2) is 0 Å². The molecule has 1 heteroatoms. The van der Waals surface area contributed by atoms with Gasteiger partial charge >= 0.3 is 0 Å². The minimum Gasteiger partial charge on any atom is -0.381 e. The van der Waals surface area contributed by atoms with Crippen LogP contribution < -0.4 is 0 Å². The molecule has 0 aliphatic heterocycles. The van der Waals surface area contributed by atoms with Crippen LogP contribution in [0.2, 0.25) is 0 Å². The molecule has 1 atom stereocenters. The molecule has 0 spiro atoms. The average Bonchev–Trinajstić information content (AvgIpc) is 2.43. The molecule has 1 rings (SSSR count). The molecule has 0 amide bonds. The Bertz CT molecular complexity index is 172. The van der Waals surface area contributed by atoms with Gasteiger partial charge in [0.2, 0.25) is 0 Å². The molecule has 1 aliphatic rings. The van der Waals surface area contributed by atoms with Crippen LogP contribution in [0.3, 0.4) is 0 Å². The van der Waals surface area contributed by atoms with E-state index in [1.165, 1.54) is 70.6 Å². The number of hydrogen-bond acceptors (Lipinski definition) is 1. The van der Waals surface area contributed by atoms with E-state index < -0.39 is 0 Å². The third-order valence-corrected chi connectivity index (χ3v) is 4.52. The van der Waals surface area contributed by atoms with Crippen LogP contribution in [0.15, 0.2) is 0 Å². The van der Waals surface area contributed by atoms with E-state index >= 15 is 0 Å². The van der Waals surface area contributed by atoms with Crippen molar-refractivity contribution in [1.29, 1.82) is 0 Å². The molecular formula is C17H34O. The topological polar surface area (TPSA) is 9.23 Å². The third kappa shape index (κ3) is 7.41. The van der Waals surface area contributed by atoms with E-state index in [0.717, 1.165) is 25.0 Å². The van der Waals surface area contributed by atoms with Gasteiger partial charge in [0.25, 0.3) is 0 Å². The quantitative estimate of drug-likeness (QED) is 0.462. The van der Waals surface area contributed by atoms with Crippen LogP contribution >= 0.6 is 0 Å². The van der Waals surface area contributed by atoms with Crippen LogP contribution in [0, 0.1) is 11.8 Å². The normalized spacial score (nSPS) is 19.0. The molecule has 0 aromatic heterocycles. The maximum atomic E-state index is 5.87. The fourth-order valence-electron chi connectivity index (χ4n) is 3.10. The van der Waals surface area contributed by atoms with Crippen LogP contribution in [0.1, 0.15) is 84.5 Å². The first-order chi connectivity index (χ1) is 8.86. The van der Waals surface area contributed by atoms with Gasteiger partial charge in [0.15, 0.2) is 0 Å². The lowest BCUT2D eigenvalue weighted by atomic mass is 9.86. The highest BCUT2D eigenvalue weighted by Gasteiger charge is 2.12. The molecule has 0 N–H and O–H groups in total. The fourth-order valence-corrected chi connectivity index (χ4v) is 3.10. The first-order valence-corrected chi connectivity index (χ1v) is 8.44. The summed E-state index contributed by atoms with van der Waals surface area (Å²) in [5, 5.41) is 0. The van der Waals surface area contributed by atoms with E-state index in [1.54, 1.807) is 0 Å². The fraction of sp³-hybridized carbons (Fsp3) is 1.00. The number of ether oxygens (including phenoxy) is 1. The summed E-state index contributed by atoms with van der Waals surface area (Å²) in [6.07, 6.45) is 15.4. The summed E-state index contributed by atoms with van der Waals surface area (Å²) in [5.41, 5.74) is 0. The molecule has 0 saturated heterocycles. The Labute approximate surface area is 115 Å². The van der Waals surface area contributed by atoms with Gasteiger partial charge in [0.1, 0.15) is 0 Å². The second kappa shape index (κ2) is 10.8.